The van der Waals surface area contributed by atoms with Crippen molar-refractivity contribution in [3.05, 3.63) is 65.0 Å². The highest BCUT2D eigenvalue weighted by atomic mass is 19.4. The van der Waals surface area contributed by atoms with Gasteiger partial charge >= 0.3 is 6.18 Å². The molecule has 0 aliphatic carbocycles. The van der Waals surface area contributed by atoms with Crippen LogP contribution in [-0.2, 0) is 19.0 Å². The summed E-state index contributed by atoms with van der Waals surface area (Å²) in [6.45, 7) is 8.70. The molecule has 0 bridgehead atoms. The monoisotopic (exact) mass is 392 g/mol. The molecule has 7 heteroatoms. The topological polar surface area (TPSA) is 51.2 Å². The molecule has 2 rings (SSSR count). The first-order valence-corrected chi connectivity index (χ1v) is 8.97. The van der Waals surface area contributed by atoms with Crippen molar-refractivity contribution in [1.82, 2.24) is 4.98 Å². The van der Waals surface area contributed by atoms with Gasteiger partial charge in [-0.25, -0.2) is 4.98 Å². The van der Waals surface area contributed by atoms with E-state index in [4.69, 9.17) is 4.74 Å². The number of ether oxygens (including phenoxy) is 1. The molecule has 1 heterocycles. The summed E-state index contributed by atoms with van der Waals surface area (Å²) in [6, 6.07) is 6.85. The number of nitrogens with one attached hydrogen (secondary N) is 1. The Morgan fingerprint density at radius 1 is 1.25 bits per heavy atom. The number of carbonyl (C=O) groups is 1. The number of anilines is 1. The van der Waals surface area contributed by atoms with Gasteiger partial charge in [0.25, 0.3) is 5.91 Å². The fraction of sp³-hybridized carbons (Fsp3) is 0.333. The first-order valence-electron chi connectivity index (χ1n) is 8.97. The van der Waals surface area contributed by atoms with Gasteiger partial charge in [-0.3, -0.25) is 4.79 Å². The second kappa shape index (κ2) is 8.91. The lowest BCUT2D eigenvalue weighted by molar-refractivity contribution is -0.141. The quantitative estimate of drug-likeness (QED) is 0.646. The summed E-state index contributed by atoms with van der Waals surface area (Å²) < 4.78 is 46.2. The van der Waals surface area contributed by atoms with Crippen LogP contribution in [0.4, 0.5) is 18.9 Å². The fourth-order valence-corrected chi connectivity index (χ4v) is 2.91. The van der Waals surface area contributed by atoms with E-state index < -0.39 is 23.3 Å². The van der Waals surface area contributed by atoms with Crippen LogP contribution in [0.5, 0.6) is 5.75 Å². The molecule has 4 nitrogen and oxygen atoms in total. The van der Waals surface area contributed by atoms with E-state index in [9.17, 15) is 18.0 Å². The molecule has 0 atom stereocenters. The van der Waals surface area contributed by atoms with E-state index in [-0.39, 0.29) is 18.1 Å². The highest BCUT2D eigenvalue weighted by Crippen LogP contribution is 2.36. The molecule has 0 aliphatic rings. The van der Waals surface area contributed by atoms with E-state index in [0.29, 0.717) is 18.5 Å². The highest BCUT2D eigenvalue weighted by Gasteiger charge is 2.39. The van der Waals surface area contributed by atoms with Gasteiger partial charge in [-0.05, 0) is 30.9 Å². The average molecular weight is 392 g/mol. The summed E-state index contributed by atoms with van der Waals surface area (Å²) in [4.78, 5) is 16.5. The largest absolute Gasteiger partial charge is 0.489 e. The van der Waals surface area contributed by atoms with Crippen molar-refractivity contribution in [2.24, 2.45) is 0 Å². The Morgan fingerprint density at radius 3 is 2.36 bits per heavy atom. The lowest BCUT2D eigenvalue weighted by Crippen LogP contribution is -2.23. The standard InChI is InChI=1S/C21H23F3N2O2/c1-5-11-28-16-12-13(4)25-19(21(22,23)24)17(16)20(27)26-18-14(6-2)9-8-10-15(18)7-3/h5,8-10,12H,1,6-7,11H2,2-4H3,(H,26,27). The van der Waals surface area contributed by atoms with Gasteiger partial charge < -0.3 is 10.1 Å². The first-order chi connectivity index (χ1) is 13.2. The van der Waals surface area contributed by atoms with Crippen molar-refractivity contribution in [3.8, 4) is 5.75 Å². The summed E-state index contributed by atoms with van der Waals surface area (Å²) >= 11 is 0. The van der Waals surface area contributed by atoms with Crippen molar-refractivity contribution < 1.29 is 22.7 Å². The summed E-state index contributed by atoms with van der Waals surface area (Å²) in [5.41, 5.74) is 0.417. The molecule has 0 saturated heterocycles. The number of nitrogens with zero attached hydrogens (tertiary/aromatic N) is 1. The summed E-state index contributed by atoms with van der Waals surface area (Å²) in [5.74, 6) is -1.08. The molecule has 0 saturated carbocycles. The summed E-state index contributed by atoms with van der Waals surface area (Å²) in [5, 5.41) is 2.66. The summed E-state index contributed by atoms with van der Waals surface area (Å²) in [6.07, 6.45) is -2.15. The number of para-hydroxylation sites is 1. The van der Waals surface area contributed by atoms with Crippen LogP contribution < -0.4 is 10.1 Å². The molecule has 0 fully saturated rings. The van der Waals surface area contributed by atoms with Crippen molar-refractivity contribution in [2.75, 3.05) is 11.9 Å². The lowest BCUT2D eigenvalue weighted by Gasteiger charge is -2.19. The van der Waals surface area contributed by atoms with E-state index in [1.807, 2.05) is 32.0 Å². The van der Waals surface area contributed by atoms with Crippen LogP contribution in [-0.4, -0.2) is 17.5 Å². The molecule has 0 radical (unpaired) electrons. The molecule has 0 spiro atoms. The van der Waals surface area contributed by atoms with Crippen LogP contribution in [0.25, 0.3) is 0 Å². The van der Waals surface area contributed by atoms with E-state index in [1.165, 1.54) is 19.1 Å². The van der Waals surface area contributed by atoms with E-state index in [0.717, 1.165) is 11.1 Å². The SMILES string of the molecule is C=CCOc1cc(C)nc(C(F)(F)F)c1C(=O)Nc1c(CC)cccc1CC. The molecule has 0 aliphatic heterocycles. The third-order valence-corrected chi connectivity index (χ3v) is 4.20. The third kappa shape index (κ3) is 4.71. The van der Waals surface area contributed by atoms with Crippen LogP contribution in [0.3, 0.4) is 0 Å². The Morgan fingerprint density at radius 2 is 1.86 bits per heavy atom. The third-order valence-electron chi connectivity index (χ3n) is 4.20. The number of hydrogen-bond acceptors (Lipinski definition) is 3. The number of aryl methyl sites for hydroxylation is 3. The van der Waals surface area contributed by atoms with Crippen molar-refractivity contribution in [3.63, 3.8) is 0 Å². The van der Waals surface area contributed by atoms with Crippen LogP contribution >= 0.6 is 0 Å². The highest BCUT2D eigenvalue weighted by molar-refractivity contribution is 6.08. The second-order valence-corrected chi connectivity index (χ2v) is 6.20. The molecule has 1 aromatic carbocycles. The van der Waals surface area contributed by atoms with Crippen molar-refractivity contribution in [1.29, 1.82) is 0 Å². The first kappa shape index (κ1) is 21.5. The molecular formula is C21H23F3N2O2. The van der Waals surface area contributed by atoms with Gasteiger partial charge in [-0.2, -0.15) is 13.2 Å². The minimum Gasteiger partial charge on any atom is -0.489 e. The zero-order valence-corrected chi connectivity index (χ0v) is 16.1. The summed E-state index contributed by atoms with van der Waals surface area (Å²) in [7, 11) is 0. The maximum absolute atomic E-state index is 13.6. The lowest BCUT2D eigenvalue weighted by atomic mass is 10.0. The van der Waals surface area contributed by atoms with Crippen molar-refractivity contribution in [2.45, 2.75) is 39.8 Å². The van der Waals surface area contributed by atoms with Gasteiger partial charge in [0.2, 0.25) is 0 Å². The number of halogens is 3. The van der Waals surface area contributed by atoms with Crippen molar-refractivity contribution >= 4 is 11.6 Å². The predicted octanol–water partition coefficient (Wildman–Crippen LogP) is 5.35. The average Bonchev–Trinajstić information content (AvgIpc) is 2.65. The van der Waals surface area contributed by atoms with Gasteiger partial charge in [-0.15, -0.1) is 0 Å². The Kier molecular flexibility index (Phi) is 6.83. The van der Waals surface area contributed by atoms with Gasteiger partial charge in [0, 0.05) is 17.4 Å². The molecule has 150 valence electrons. The zero-order valence-electron chi connectivity index (χ0n) is 16.1. The molecule has 1 aromatic heterocycles. The molecule has 2 aromatic rings. The Hall–Kier alpha value is -2.83. The fourth-order valence-electron chi connectivity index (χ4n) is 2.91. The van der Waals surface area contributed by atoms with Crippen LogP contribution in [0.2, 0.25) is 0 Å². The van der Waals surface area contributed by atoms with E-state index >= 15 is 0 Å². The number of rotatable bonds is 7. The number of amides is 1. The van der Waals surface area contributed by atoms with E-state index in [1.54, 1.807) is 0 Å². The number of hydrogen-bond donors (Lipinski definition) is 1. The molecular weight excluding hydrogens is 369 g/mol. The maximum Gasteiger partial charge on any atom is 0.434 e. The Labute approximate surface area is 162 Å². The number of alkyl halides is 3. The van der Waals surface area contributed by atoms with E-state index in [2.05, 4.69) is 16.9 Å². The molecule has 28 heavy (non-hydrogen) atoms. The van der Waals surface area contributed by atoms with Gasteiger partial charge in [0.15, 0.2) is 5.69 Å². The van der Waals surface area contributed by atoms with Crippen LogP contribution in [0, 0.1) is 6.92 Å². The smallest absolute Gasteiger partial charge is 0.434 e. The minimum atomic E-state index is -4.80. The maximum atomic E-state index is 13.6. The predicted molar refractivity (Wildman–Crippen MR) is 103 cm³/mol. The van der Waals surface area contributed by atoms with Crippen LogP contribution in [0.15, 0.2) is 36.9 Å². The van der Waals surface area contributed by atoms with Crippen LogP contribution in [0.1, 0.15) is 46.7 Å². The minimum absolute atomic E-state index is 0.0349. The Bertz CT molecular complexity index is 854. The second-order valence-electron chi connectivity index (χ2n) is 6.20. The molecule has 0 unspecified atom stereocenters. The Balaban J connectivity index is 2.60. The number of aromatic nitrogens is 1. The van der Waals surface area contributed by atoms with Gasteiger partial charge in [-0.1, -0.05) is 44.7 Å². The molecule has 1 N–H and O–H groups in total. The molecule has 1 amide bonds. The van der Waals surface area contributed by atoms with Gasteiger partial charge in [0.1, 0.15) is 17.9 Å². The number of carbonyl (C=O) groups excluding carboxylic acids is 1. The zero-order chi connectivity index (χ0) is 20.9. The van der Waals surface area contributed by atoms with Gasteiger partial charge in [0.05, 0.1) is 0 Å². The number of benzene rings is 1. The number of pyridine rings is 1. The normalized spacial score (nSPS) is 11.2.